The van der Waals surface area contributed by atoms with E-state index in [0.29, 0.717) is 10.6 Å². The highest BCUT2D eigenvalue weighted by atomic mass is 35.5. The lowest BCUT2D eigenvalue weighted by atomic mass is 10.2. The van der Waals surface area contributed by atoms with Crippen LogP contribution in [0.15, 0.2) is 18.2 Å². The predicted molar refractivity (Wildman–Crippen MR) is 64.2 cm³/mol. The first-order valence-electron chi connectivity index (χ1n) is 5.21. The maximum atomic E-state index is 8.88. The molecule has 0 heterocycles. The maximum Gasteiger partial charge on any atom is 0.101 e. The van der Waals surface area contributed by atoms with Crippen LogP contribution in [0.3, 0.4) is 0 Å². The second kappa shape index (κ2) is 6.31. The summed E-state index contributed by atoms with van der Waals surface area (Å²) in [5.74, 6) is 0. The molecule has 1 rings (SSSR count). The fourth-order valence-corrected chi connectivity index (χ4v) is 1.53. The van der Waals surface area contributed by atoms with Crippen LogP contribution in [0.2, 0.25) is 5.02 Å². The van der Waals surface area contributed by atoms with Gasteiger partial charge in [-0.3, -0.25) is 0 Å². The van der Waals surface area contributed by atoms with E-state index >= 15 is 0 Å². The van der Waals surface area contributed by atoms with Crippen molar-refractivity contribution >= 4 is 17.3 Å². The van der Waals surface area contributed by atoms with E-state index in [9.17, 15) is 0 Å². The van der Waals surface area contributed by atoms with Crippen LogP contribution < -0.4 is 5.32 Å². The highest BCUT2D eigenvalue weighted by Gasteiger charge is 2.01. The normalized spacial score (nSPS) is 9.67. The van der Waals surface area contributed by atoms with Gasteiger partial charge < -0.3 is 5.32 Å². The average molecular weight is 223 g/mol. The molecule has 0 aliphatic carbocycles. The monoisotopic (exact) mass is 222 g/mol. The molecule has 0 fully saturated rings. The van der Waals surface area contributed by atoms with Crippen molar-refractivity contribution in [1.82, 2.24) is 0 Å². The first kappa shape index (κ1) is 11.9. The molecule has 0 aliphatic heterocycles. The third-order valence-electron chi connectivity index (χ3n) is 2.20. The summed E-state index contributed by atoms with van der Waals surface area (Å²) >= 11 is 5.86. The minimum absolute atomic E-state index is 0.649. The zero-order valence-electron chi connectivity index (χ0n) is 8.89. The highest BCUT2D eigenvalue weighted by Crippen LogP contribution is 2.20. The third-order valence-corrected chi connectivity index (χ3v) is 2.43. The molecular formula is C12H15ClN2. The molecular weight excluding hydrogens is 208 g/mol. The van der Waals surface area contributed by atoms with Gasteiger partial charge in [-0.15, -0.1) is 0 Å². The minimum Gasteiger partial charge on any atom is -0.384 e. The molecule has 80 valence electrons. The van der Waals surface area contributed by atoms with Crippen molar-refractivity contribution in [3.63, 3.8) is 0 Å². The molecule has 0 aliphatic rings. The quantitative estimate of drug-likeness (QED) is 0.769. The smallest absolute Gasteiger partial charge is 0.101 e. The molecule has 2 nitrogen and oxygen atoms in total. The molecule has 0 bridgehead atoms. The van der Waals surface area contributed by atoms with Gasteiger partial charge in [-0.1, -0.05) is 31.4 Å². The predicted octanol–water partition coefficient (Wildman–Crippen LogP) is 3.81. The Morgan fingerprint density at radius 2 is 2.20 bits per heavy atom. The zero-order chi connectivity index (χ0) is 11.1. The molecule has 0 atom stereocenters. The van der Waals surface area contributed by atoms with E-state index in [1.54, 1.807) is 18.2 Å². The number of nitriles is 1. The number of rotatable bonds is 5. The van der Waals surface area contributed by atoms with Crippen molar-refractivity contribution in [2.45, 2.75) is 26.2 Å². The van der Waals surface area contributed by atoms with Crippen molar-refractivity contribution in [2.75, 3.05) is 11.9 Å². The van der Waals surface area contributed by atoms with Gasteiger partial charge in [0.1, 0.15) is 6.07 Å². The Hall–Kier alpha value is -1.20. The van der Waals surface area contributed by atoms with Crippen LogP contribution in [0, 0.1) is 11.3 Å². The van der Waals surface area contributed by atoms with Gasteiger partial charge in [0.2, 0.25) is 0 Å². The third kappa shape index (κ3) is 3.81. The number of nitrogens with one attached hydrogen (secondary N) is 1. The molecule has 1 aromatic carbocycles. The zero-order valence-corrected chi connectivity index (χ0v) is 9.64. The Labute approximate surface area is 95.9 Å². The summed E-state index contributed by atoms with van der Waals surface area (Å²) in [5, 5.41) is 12.8. The van der Waals surface area contributed by atoms with Crippen molar-refractivity contribution in [2.24, 2.45) is 0 Å². The van der Waals surface area contributed by atoms with Gasteiger partial charge in [0, 0.05) is 11.6 Å². The van der Waals surface area contributed by atoms with E-state index < -0.39 is 0 Å². The summed E-state index contributed by atoms with van der Waals surface area (Å²) in [4.78, 5) is 0. The number of anilines is 1. The average Bonchev–Trinajstić information content (AvgIpc) is 2.25. The summed E-state index contributed by atoms with van der Waals surface area (Å²) in [6, 6.07) is 7.41. The molecule has 1 N–H and O–H groups in total. The Bertz CT molecular complexity index is 355. The number of benzene rings is 1. The lowest BCUT2D eigenvalue weighted by Crippen LogP contribution is -2.02. The van der Waals surface area contributed by atoms with Gasteiger partial charge in [0.25, 0.3) is 0 Å². The summed E-state index contributed by atoms with van der Waals surface area (Å²) in [6.07, 6.45) is 3.52. The van der Waals surface area contributed by atoms with Crippen molar-refractivity contribution in [1.29, 1.82) is 5.26 Å². The molecule has 0 aromatic heterocycles. The van der Waals surface area contributed by atoms with Crippen LogP contribution in [0.25, 0.3) is 0 Å². The van der Waals surface area contributed by atoms with Gasteiger partial charge in [-0.2, -0.15) is 5.26 Å². The summed E-state index contributed by atoms with van der Waals surface area (Å²) < 4.78 is 0. The molecule has 0 amide bonds. The second-order valence-electron chi connectivity index (χ2n) is 3.44. The number of hydrogen-bond acceptors (Lipinski definition) is 2. The van der Waals surface area contributed by atoms with E-state index in [4.69, 9.17) is 16.9 Å². The molecule has 3 heteroatoms. The fraction of sp³-hybridized carbons (Fsp3) is 0.417. The van der Waals surface area contributed by atoms with Crippen molar-refractivity contribution in [3.05, 3.63) is 28.8 Å². The molecule has 0 spiro atoms. The molecule has 0 saturated heterocycles. The Morgan fingerprint density at radius 1 is 1.40 bits per heavy atom. The standard InChI is InChI=1S/C12H15ClN2/c1-2-3-4-7-15-12-8-11(13)6-5-10(12)9-14/h5-6,8,15H,2-4,7H2,1H3. The van der Waals surface area contributed by atoms with Gasteiger partial charge >= 0.3 is 0 Å². The fourth-order valence-electron chi connectivity index (χ4n) is 1.36. The van der Waals surface area contributed by atoms with E-state index in [1.807, 2.05) is 0 Å². The van der Waals surface area contributed by atoms with Crippen molar-refractivity contribution < 1.29 is 0 Å². The highest BCUT2D eigenvalue weighted by molar-refractivity contribution is 6.30. The van der Waals surface area contributed by atoms with Gasteiger partial charge in [0.05, 0.1) is 11.3 Å². The minimum atomic E-state index is 0.649. The number of unbranched alkanes of at least 4 members (excludes halogenated alkanes) is 2. The van der Waals surface area contributed by atoms with Gasteiger partial charge in [0.15, 0.2) is 0 Å². The van der Waals surface area contributed by atoms with E-state index in [-0.39, 0.29) is 0 Å². The first-order chi connectivity index (χ1) is 7.27. The molecule has 0 saturated carbocycles. The second-order valence-corrected chi connectivity index (χ2v) is 3.87. The lowest BCUT2D eigenvalue weighted by Gasteiger charge is -2.07. The number of nitrogens with zero attached hydrogens (tertiary/aromatic N) is 1. The van der Waals surface area contributed by atoms with Crippen molar-refractivity contribution in [3.8, 4) is 6.07 Å². The van der Waals surface area contributed by atoms with Gasteiger partial charge in [-0.25, -0.2) is 0 Å². The van der Waals surface area contributed by atoms with Crippen LogP contribution in [0.4, 0.5) is 5.69 Å². The Balaban J connectivity index is 2.59. The van der Waals surface area contributed by atoms with E-state index in [2.05, 4.69) is 18.3 Å². The number of hydrogen-bond donors (Lipinski definition) is 1. The topological polar surface area (TPSA) is 35.8 Å². The molecule has 1 aromatic rings. The van der Waals surface area contributed by atoms with Crippen LogP contribution in [0.5, 0.6) is 0 Å². The first-order valence-corrected chi connectivity index (χ1v) is 5.59. The molecule has 15 heavy (non-hydrogen) atoms. The maximum absolute atomic E-state index is 8.88. The largest absolute Gasteiger partial charge is 0.384 e. The van der Waals surface area contributed by atoms with Crippen LogP contribution in [-0.4, -0.2) is 6.54 Å². The summed E-state index contributed by atoms with van der Waals surface area (Å²) in [5.41, 5.74) is 1.48. The Kier molecular flexibility index (Phi) is 5.00. The summed E-state index contributed by atoms with van der Waals surface area (Å²) in [6.45, 7) is 3.06. The summed E-state index contributed by atoms with van der Waals surface area (Å²) in [7, 11) is 0. The number of halogens is 1. The van der Waals surface area contributed by atoms with Crippen LogP contribution in [-0.2, 0) is 0 Å². The SMILES string of the molecule is CCCCCNc1cc(Cl)ccc1C#N. The Morgan fingerprint density at radius 3 is 2.87 bits per heavy atom. The van der Waals surface area contributed by atoms with E-state index in [1.165, 1.54) is 12.8 Å². The molecule has 0 radical (unpaired) electrons. The van der Waals surface area contributed by atoms with Crippen LogP contribution >= 0.6 is 11.6 Å². The molecule has 0 unspecified atom stereocenters. The lowest BCUT2D eigenvalue weighted by molar-refractivity contribution is 0.743. The van der Waals surface area contributed by atoms with Gasteiger partial charge in [-0.05, 0) is 24.6 Å². The van der Waals surface area contributed by atoms with E-state index in [0.717, 1.165) is 18.7 Å². The van der Waals surface area contributed by atoms with Crippen LogP contribution in [0.1, 0.15) is 31.7 Å².